The number of aliphatic hydroxyl groups excluding tert-OH is 1. The first-order valence-corrected chi connectivity index (χ1v) is 7.40. The van der Waals surface area contributed by atoms with Gasteiger partial charge in [0.1, 0.15) is 11.9 Å². The first kappa shape index (κ1) is 13.3. The van der Waals surface area contributed by atoms with Crippen LogP contribution in [0.4, 0.5) is 0 Å². The highest BCUT2D eigenvalue weighted by molar-refractivity contribution is 7.09. The van der Waals surface area contributed by atoms with E-state index in [9.17, 15) is 5.11 Å². The molecule has 0 amide bonds. The normalized spacial score (nSPS) is 12.8. The molecule has 98 valence electrons. The lowest BCUT2D eigenvalue weighted by Crippen LogP contribution is -2.08. The van der Waals surface area contributed by atoms with Crippen LogP contribution < -0.4 is 0 Å². The van der Waals surface area contributed by atoms with Crippen LogP contribution in [0.3, 0.4) is 0 Å². The molecular weight excluding hydrogens is 244 g/mol. The summed E-state index contributed by atoms with van der Waals surface area (Å²) in [5.74, 6) is 0.808. The predicted molar refractivity (Wildman–Crippen MR) is 74.7 cm³/mol. The van der Waals surface area contributed by atoms with Crippen LogP contribution in [0.25, 0.3) is 0 Å². The number of hydrogen-bond donors (Lipinski definition) is 1. The average Bonchev–Trinajstić information content (AvgIpc) is 3.00. The average molecular weight is 264 g/mol. The van der Waals surface area contributed by atoms with E-state index < -0.39 is 6.10 Å². The molecular formula is C14H20N2OS. The SMILES string of the molecule is CCCn1ccnc1C(O)CCCc1cccs1. The Morgan fingerprint density at radius 3 is 3.11 bits per heavy atom. The van der Waals surface area contributed by atoms with Crippen LogP contribution in [-0.2, 0) is 13.0 Å². The first-order chi connectivity index (χ1) is 8.81. The van der Waals surface area contributed by atoms with Gasteiger partial charge in [0.2, 0.25) is 0 Å². The van der Waals surface area contributed by atoms with Crippen LogP contribution in [0.2, 0.25) is 0 Å². The molecule has 0 fully saturated rings. The Morgan fingerprint density at radius 2 is 2.39 bits per heavy atom. The van der Waals surface area contributed by atoms with E-state index in [-0.39, 0.29) is 0 Å². The van der Waals surface area contributed by atoms with Gasteiger partial charge in [-0.1, -0.05) is 13.0 Å². The molecule has 3 nitrogen and oxygen atoms in total. The molecule has 1 N–H and O–H groups in total. The summed E-state index contributed by atoms with van der Waals surface area (Å²) in [6.45, 7) is 3.06. The Kier molecular flexibility index (Phi) is 4.96. The molecule has 0 aliphatic rings. The summed E-state index contributed by atoms with van der Waals surface area (Å²) in [6.07, 6.45) is 7.16. The van der Waals surface area contributed by atoms with E-state index in [4.69, 9.17) is 0 Å². The molecule has 0 aliphatic carbocycles. The lowest BCUT2D eigenvalue weighted by Gasteiger charge is -2.12. The van der Waals surface area contributed by atoms with Crippen LogP contribution in [0.5, 0.6) is 0 Å². The van der Waals surface area contributed by atoms with E-state index >= 15 is 0 Å². The molecule has 1 atom stereocenters. The standard InChI is InChI=1S/C14H20N2OS/c1-2-9-16-10-8-15-14(16)13(17)7-3-5-12-6-4-11-18-12/h4,6,8,10-11,13,17H,2-3,5,7,9H2,1H3. The molecule has 4 heteroatoms. The Bertz CT molecular complexity index is 450. The fourth-order valence-corrected chi connectivity index (χ4v) is 2.85. The Balaban J connectivity index is 1.83. The number of hydrogen-bond acceptors (Lipinski definition) is 3. The van der Waals surface area contributed by atoms with Crippen molar-refractivity contribution >= 4 is 11.3 Å². The van der Waals surface area contributed by atoms with E-state index in [1.165, 1.54) is 4.88 Å². The second-order valence-corrected chi connectivity index (χ2v) is 5.50. The highest BCUT2D eigenvalue weighted by Crippen LogP contribution is 2.20. The van der Waals surface area contributed by atoms with Gasteiger partial charge in [-0.25, -0.2) is 4.98 Å². The van der Waals surface area contributed by atoms with Gasteiger partial charge in [0.25, 0.3) is 0 Å². The molecule has 0 saturated heterocycles. The fourth-order valence-electron chi connectivity index (χ4n) is 2.10. The van der Waals surface area contributed by atoms with Gasteiger partial charge in [0, 0.05) is 23.8 Å². The Hall–Kier alpha value is -1.13. The maximum atomic E-state index is 10.2. The smallest absolute Gasteiger partial charge is 0.137 e. The number of nitrogens with zero attached hydrogens (tertiary/aromatic N) is 2. The van der Waals surface area contributed by atoms with E-state index in [2.05, 4.69) is 34.0 Å². The second-order valence-electron chi connectivity index (χ2n) is 4.47. The summed E-state index contributed by atoms with van der Waals surface area (Å²) in [5.41, 5.74) is 0. The number of aliphatic hydroxyl groups is 1. The maximum Gasteiger partial charge on any atom is 0.137 e. The third kappa shape index (κ3) is 3.43. The topological polar surface area (TPSA) is 38.0 Å². The van der Waals surface area contributed by atoms with Crippen molar-refractivity contribution in [2.24, 2.45) is 0 Å². The molecule has 2 aromatic rings. The van der Waals surface area contributed by atoms with E-state index in [1.807, 2.05) is 6.20 Å². The van der Waals surface area contributed by atoms with Crippen molar-refractivity contribution in [2.45, 2.75) is 45.3 Å². The van der Waals surface area contributed by atoms with E-state index in [0.29, 0.717) is 0 Å². The van der Waals surface area contributed by atoms with Crippen molar-refractivity contribution in [1.29, 1.82) is 0 Å². The van der Waals surface area contributed by atoms with Gasteiger partial charge in [-0.15, -0.1) is 11.3 Å². The third-order valence-electron chi connectivity index (χ3n) is 2.99. The number of aromatic nitrogens is 2. The lowest BCUT2D eigenvalue weighted by atomic mass is 10.1. The van der Waals surface area contributed by atoms with Crippen molar-refractivity contribution in [2.75, 3.05) is 0 Å². The van der Waals surface area contributed by atoms with Crippen molar-refractivity contribution in [3.05, 3.63) is 40.6 Å². The number of imidazole rings is 1. The highest BCUT2D eigenvalue weighted by atomic mass is 32.1. The Labute approximate surface area is 112 Å². The minimum Gasteiger partial charge on any atom is -0.385 e. The molecule has 2 rings (SSSR count). The van der Waals surface area contributed by atoms with Gasteiger partial charge in [-0.05, 0) is 37.1 Å². The van der Waals surface area contributed by atoms with Gasteiger partial charge < -0.3 is 9.67 Å². The molecule has 0 aliphatic heterocycles. The van der Waals surface area contributed by atoms with Crippen molar-refractivity contribution in [1.82, 2.24) is 9.55 Å². The monoisotopic (exact) mass is 264 g/mol. The van der Waals surface area contributed by atoms with Crippen LogP contribution in [-0.4, -0.2) is 14.7 Å². The van der Waals surface area contributed by atoms with Crippen molar-refractivity contribution < 1.29 is 5.11 Å². The predicted octanol–water partition coefficient (Wildman–Crippen LogP) is 3.41. The summed E-state index contributed by atoms with van der Waals surface area (Å²) in [7, 11) is 0. The third-order valence-corrected chi connectivity index (χ3v) is 3.93. The number of aryl methyl sites for hydroxylation is 2. The van der Waals surface area contributed by atoms with Gasteiger partial charge >= 0.3 is 0 Å². The molecule has 0 aromatic carbocycles. The molecule has 0 bridgehead atoms. The molecule has 0 radical (unpaired) electrons. The lowest BCUT2D eigenvalue weighted by molar-refractivity contribution is 0.150. The van der Waals surface area contributed by atoms with Crippen LogP contribution in [0.1, 0.15) is 43.0 Å². The maximum absolute atomic E-state index is 10.2. The van der Waals surface area contributed by atoms with E-state index in [1.54, 1.807) is 17.5 Å². The summed E-state index contributed by atoms with van der Waals surface area (Å²) in [6, 6.07) is 4.22. The zero-order chi connectivity index (χ0) is 12.8. The van der Waals surface area contributed by atoms with Crippen molar-refractivity contribution in [3.8, 4) is 0 Å². The van der Waals surface area contributed by atoms with Crippen LogP contribution in [0, 0.1) is 0 Å². The van der Waals surface area contributed by atoms with Gasteiger partial charge in [-0.3, -0.25) is 0 Å². The molecule has 2 heterocycles. The van der Waals surface area contributed by atoms with Crippen molar-refractivity contribution in [3.63, 3.8) is 0 Å². The molecule has 0 spiro atoms. The highest BCUT2D eigenvalue weighted by Gasteiger charge is 2.13. The molecule has 18 heavy (non-hydrogen) atoms. The minimum absolute atomic E-state index is 0.438. The van der Waals surface area contributed by atoms with E-state index in [0.717, 1.165) is 38.1 Å². The molecule has 0 saturated carbocycles. The van der Waals surface area contributed by atoms with Crippen LogP contribution in [0.15, 0.2) is 29.9 Å². The fraction of sp³-hybridized carbons (Fsp3) is 0.500. The summed E-state index contributed by atoms with van der Waals surface area (Å²) < 4.78 is 2.05. The zero-order valence-corrected chi connectivity index (χ0v) is 11.6. The summed E-state index contributed by atoms with van der Waals surface area (Å²) in [5, 5.41) is 12.3. The quantitative estimate of drug-likeness (QED) is 0.832. The summed E-state index contributed by atoms with van der Waals surface area (Å²) >= 11 is 1.78. The minimum atomic E-state index is -0.438. The zero-order valence-electron chi connectivity index (χ0n) is 10.7. The molecule has 2 aromatic heterocycles. The second kappa shape index (κ2) is 6.71. The Morgan fingerprint density at radius 1 is 1.50 bits per heavy atom. The van der Waals surface area contributed by atoms with Crippen LogP contribution >= 0.6 is 11.3 Å². The first-order valence-electron chi connectivity index (χ1n) is 6.52. The van der Waals surface area contributed by atoms with Gasteiger partial charge in [0.05, 0.1) is 0 Å². The number of thiophene rings is 1. The van der Waals surface area contributed by atoms with Gasteiger partial charge in [-0.2, -0.15) is 0 Å². The summed E-state index contributed by atoms with van der Waals surface area (Å²) in [4.78, 5) is 5.65. The van der Waals surface area contributed by atoms with Gasteiger partial charge in [0.15, 0.2) is 0 Å². The number of rotatable bonds is 7. The largest absolute Gasteiger partial charge is 0.385 e. The molecule has 1 unspecified atom stereocenters.